The lowest BCUT2D eigenvalue weighted by molar-refractivity contribution is 0.178. The quantitative estimate of drug-likeness (QED) is 0.544. The van der Waals surface area contributed by atoms with Crippen LogP contribution < -0.4 is 0 Å². The number of unbranched alkanes of at least 4 members (excludes halogenated alkanes) is 9. The van der Waals surface area contributed by atoms with Gasteiger partial charge in [0.2, 0.25) is 0 Å². The first-order valence-electron chi connectivity index (χ1n) is 8.27. The van der Waals surface area contributed by atoms with Crippen molar-refractivity contribution in [2.24, 2.45) is 4.99 Å². The van der Waals surface area contributed by atoms with Crippen LogP contribution in [0.1, 0.15) is 77.6 Å². The number of aliphatic hydroxyl groups is 1. The maximum atomic E-state index is 9.14. The topological polar surface area (TPSA) is 35.8 Å². The lowest BCUT2D eigenvalue weighted by Gasteiger charge is -2.16. The van der Waals surface area contributed by atoms with Gasteiger partial charge >= 0.3 is 0 Å². The number of rotatable bonds is 12. The van der Waals surface area contributed by atoms with Gasteiger partial charge in [-0.25, -0.2) is 0 Å². The molecule has 0 aliphatic carbocycles. The van der Waals surface area contributed by atoms with Crippen molar-refractivity contribution < 1.29 is 5.11 Å². The summed E-state index contributed by atoms with van der Waals surface area (Å²) < 4.78 is 0. The standard InChI is InChI=1S/C16H32N2O/c1-2-3-4-5-6-7-8-9-10-11-12-16-17-13-14-18(16)15-19/h19H,2-15H2,1H3. The van der Waals surface area contributed by atoms with Crippen LogP contribution in [0.25, 0.3) is 0 Å². The summed E-state index contributed by atoms with van der Waals surface area (Å²) in [6, 6.07) is 0. The summed E-state index contributed by atoms with van der Waals surface area (Å²) in [5, 5.41) is 9.14. The third kappa shape index (κ3) is 7.56. The van der Waals surface area contributed by atoms with Gasteiger partial charge in [0.15, 0.2) is 0 Å². The molecule has 0 fully saturated rings. The monoisotopic (exact) mass is 268 g/mol. The Morgan fingerprint density at radius 1 is 0.947 bits per heavy atom. The zero-order valence-corrected chi connectivity index (χ0v) is 12.7. The van der Waals surface area contributed by atoms with E-state index in [4.69, 9.17) is 5.11 Å². The highest BCUT2D eigenvalue weighted by atomic mass is 16.3. The van der Waals surface area contributed by atoms with Crippen molar-refractivity contribution in [2.75, 3.05) is 19.8 Å². The molecule has 0 saturated carbocycles. The average molecular weight is 268 g/mol. The third-order valence-corrected chi connectivity index (χ3v) is 3.95. The first-order chi connectivity index (χ1) is 9.38. The van der Waals surface area contributed by atoms with Gasteiger partial charge in [-0.2, -0.15) is 0 Å². The maximum absolute atomic E-state index is 9.14. The predicted molar refractivity (Wildman–Crippen MR) is 82.6 cm³/mol. The van der Waals surface area contributed by atoms with Crippen LogP contribution >= 0.6 is 0 Å². The summed E-state index contributed by atoms with van der Waals surface area (Å²) in [4.78, 5) is 6.44. The summed E-state index contributed by atoms with van der Waals surface area (Å²) >= 11 is 0. The zero-order chi connectivity index (χ0) is 13.8. The largest absolute Gasteiger partial charge is 0.376 e. The lowest BCUT2D eigenvalue weighted by atomic mass is 10.1. The highest BCUT2D eigenvalue weighted by molar-refractivity contribution is 5.83. The second kappa shape index (κ2) is 11.3. The Morgan fingerprint density at radius 2 is 1.53 bits per heavy atom. The SMILES string of the molecule is CCCCCCCCCCCCC1=NCCN1CO. The molecule has 0 unspecified atom stereocenters. The summed E-state index contributed by atoms with van der Waals surface area (Å²) in [6.07, 6.45) is 14.8. The molecule has 1 N–H and O–H groups in total. The van der Waals surface area contributed by atoms with Crippen LogP contribution in [0.4, 0.5) is 0 Å². The molecule has 1 aliphatic rings. The molecular weight excluding hydrogens is 236 g/mol. The molecule has 1 rings (SSSR count). The molecule has 19 heavy (non-hydrogen) atoms. The molecule has 1 heterocycles. The van der Waals surface area contributed by atoms with E-state index in [0.29, 0.717) is 0 Å². The van der Waals surface area contributed by atoms with E-state index in [-0.39, 0.29) is 6.73 Å². The minimum absolute atomic E-state index is 0.136. The molecule has 0 saturated heterocycles. The third-order valence-electron chi connectivity index (χ3n) is 3.95. The summed E-state index contributed by atoms with van der Waals surface area (Å²) in [7, 11) is 0. The maximum Gasteiger partial charge on any atom is 0.116 e. The van der Waals surface area contributed by atoms with Crippen molar-refractivity contribution in [3.63, 3.8) is 0 Å². The molecule has 0 spiro atoms. The molecule has 0 amide bonds. The van der Waals surface area contributed by atoms with E-state index >= 15 is 0 Å². The molecule has 0 aromatic heterocycles. The number of aliphatic hydroxyl groups excluding tert-OH is 1. The summed E-state index contributed by atoms with van der Waals surface area (Å²) in [6.45, 7) is 4.18. The van der Waals surface area contributed by atoms with Crippen LogP contribution in [-0.4, -0.2) is 35.7 Å². The Bertz CT molecular complexity index is 241. The van der Waals surface area contributed by atoms with Crippen LogP contribution in [0.2, 0.25) is 0 Å². The number of nitrogens with zero attached hydrogens (tertiary/aromatic N) is 2. The zero-order valence-electron chi connectivity index (χ0n) is 12.7. The van der Waals surface area contributed by atoms with Gasteiger partial charge < -0.3 is 10.0 Å². The predicted octanol–water partition coefficient (Wildman–Crippen LogP) is 3.96. The van der Waals surface area contributed by atoms with Gasteiger partial charge in [-0.15, -0.1) is 0 Å². The van der Waals surface area contributed by atoms with Gasteiger partial charge in [-0.1, -0.05) is 64.7 Å². The van der Waals surface area contributed by atoms with E-state index in [9.17, 15) is 0 Å². The number of hydrogen-bond acceptors (Lipinski definition) is 3. The Morgan fingerprint density at radius 3 is 2.11 bits per heavy atom. The van der Waals surface area contributed by atoms with Gasteiger partial charge in [0, 0.05) is 13.0 Å². The van der Waals surface area contributed by atoms with E-state index in [0.717, 1.165) is 25.3 Å². The van der Waals surface area contributed by atoms with E-state index in [2.05, 4.69) is 11.9 Å². The van der Waals surface area contributed by atoms with Crippen molar-refractivity contribution >= 4 is 5.84 Å². The highest BCUT2D eigenvalue weighted by Gasteiger charge is 2.14. The first kappa shape index (κ1) is 16.5. The number of hydrogen-bond donors (Lipinski definition) is 1. The fourth-order valence-electron chi connectivity index (χ4n) is 2.69. The minimum atomic E-state index is 0.136. The van der Waals surface area contributed by atoms with Gasteiger partial charge in [-0.3, -0.25) is 4.99 Å². The molecule has 0 radical (unpaired) electrons. The molecule has 3 nitrogen and oxygen atoms in total. The fourth-order valence-corrected chi connectivity index (χ4v) is 2.69. The smallest absolute Gasteiger partial charge is 0.116 e. The summed E-state index contributed by atoms with van der Waals surface area (Å²) in [5.41, 5.74) is 0. The van der Waals surface area contributed by atoms with Crippen LogP contribution in [-0.2, 0) is 0 Å². The first-order valence-corrected chi connectivity index (χ1v) is 8.27. The van der Waals surface area contributed by atoms with Crippen molar-refractivity contribution in [2.45, 2.75) is 77.6 Å². The highest BCUT2D eigenvalue weighted by Crippen LogP contribution is 2.13. The summed E-state index contributed by atoms with van der Waals surface area (Å²) in [5.74, 6) is 1.13. The van der Waals surface area contributed by atoms with Gasteiger partial charge in [-0.05, 0) is 6.42 Å². The molecular formula is C16H32N2O. The van der Waals surface area contributed by atoms with E-state index < -0.39 is 0 Å². The second-order valence-electron chi connectivity index (χ2n) is 5.63. The van der Waals surface area contributed by atoms with Crippen molar-refractivity contribution in [3.8, 4) is 0 Å². The fraction of sp³-hybridized carbons (Fsp3) is 0.938. The van der Waals surface area contributed by atoms with E-state index in [1.165, 1.54) is 64.2 Å². The molecule has 112 valence electrons. The second-order valence-corrected chi connectivity index (χ2v) is 5.63. The van der Waals surface area contributed by atoms with E-state index in [1.807, 2.05) is 4.90 Å². The molecule has 1 aliphatic heterocycles. The van der Waals surface area contributed by atoms with Crippen LogP contribution in [0.3, 0.4) is 0 Å². The minimum Gasteiger partial charge on any atom is -0.376 e. The van der Waals surface area contributed by atoms with Gasteiger partial charge in [0.25, 0.3) is 0 Å². The molecule has 3 heteroatoms. The lowest BCUT2D eigenvalue weighted by Crippen LogP contribution is -2.28. The Hall–Kier alpha value is -0.570. The molecule has 0 bridgehead atoms. The average Bonchev–Trinajstić information content (AvgIpc) is 2.88. The normalized spacial score (nSPS) is 15.1. The molecule has 0 atom stereocenters. The Balaban J connectivity index is 1.84. The number of aliphatic imine (C=N–C) groups is 1. The van der Waals surface area contributed by atoms with Crippen LogP contribution in [0.15, 0.2) is 4.99 Å². The molecule has 0 aromatic rings. The Kier molecular flexibility index (Phi) is 9.78. The van der Waals surface area contributed by atoms with Crippen LogP contribution in [0, 0.1) is 0 Å². The number of amidine groups is 1. The molecule has 0 aromatic carbocycles. The van der Waals surface area contributed by atoms with Gasteiger partial charge in [0.1, 0.15) is 12.6 Å². The van der Waals surface area contributed by atoms with Gasteiger partial charge in [0.05, 0.1) is 6.54 Å². The van der Waals surface area contributed by atoms with Crippen molar-refractivity contribution in [1.29, 1.82) is 0 Å². The Labute approximate surface area is 119 Å². The van der Waals surface area contributed by atoms with Crippen molar-refractivity contribution in [1.82, 2.24) is 4.90 Å². The van der Waals surface area contributed by atoms with Crippen LogP contribution in [0.5, 0.6) is 0 Å². The van der Waals surface area contributed by atoms with E-state index in [1.54, 1.807) is 0 Å². The van der Waals surface area contributed by atoms with Crippen molar-refractivity contribution in [3.05, 3.63) is 0 Å².